The number of carboxylic acids is 1. The van der Waals surface area contributed by atoms with Gasteiger partial charge in [0.1, 0.15) is 17.4 Å². The molecule has 0 amide bonds. The number of fused-ring (bicyclic) bond motifs is 1. The molecule has 4 aromatic rings. The fourth-order valence-electron chi connectivity index (χ4n) is 6.65. The summed E-state index contributed by atoms with van der Waals surface area (Å²) in [6.45, 7) is 3.96. The van der Waals surface area contributed by atoms with Crippen LogP contribution in [0.2, 0.25) is 0 Å². The van der Waals surface area contributed by atoms with Crippen LogP contribution in [0, 0.1) is 6.92 Å². The van der Waals surface area contributed by atoms with E-state index in [1.165, 1.54) is 16.7 Å². The van der Waals surface area contributed by atoms with Crippen LogP contribution in [-0.2, 0) is 12.8 Å². The van der Waals surface area contributed by atoms with E-state index in [-0.39, 0.29) is 17.6 Å². The number of likely N-dealkylation sites (tertiary alicyclic amines) is 1. The summed E-state index contributed by atoms with van der Waals surface area (Å²) in [5, 5.41) is 13.9. The number of piperidine rings is 1. The normalized spacial score (nSPS) is 17.5. The van der Waals surface area contributed by atoms with E-state index >= 15 is 0 Å². The lowest BCUT2D eigenvalue weighted by Gasteiger charge is -2.32. The summed E-state index contributed by atoms with van der Waals surface area (Å²) in [5.41, 5.74) is 6.94. The highest BCUT2D eigenvalue weighted by Crippen LogP contribution is 2.42. The third kappa shape index (κ3) is 6.08. The van der Waals surface area contributed by atoms with Crippen molar-refractivity contribution in [1.29, 1.82) is 0 Å². The van der Waals surface area contributed by atoms with E-state index in [9.17, 15) is 23.1 Å². The second-order valence-electron chi connectivity index (χ2n) is 11.7. The Morgan fingerprint density at radius 3 is 2.55 bits per heavy atom. The van der Waals surface area contributed by atoms with Crippen LogP contribution >= 0.6 is 0 Å². The molecule has 3 heterocycles. The molecular formula is C34H35F3N4O3. The summed E-state index contributed by atoms with van der Waals surface area (Å²) in [4.78, 5) is 18.1. The number of aromatic nitrogens is 3. The number of alkyl halides is 3. The molecular weight excluding hydrogens is 569 g/mol. The van der Waals surface area contributed by atoms with Crippen LogP contribution in [0.3, 0.4) is 0 Å². The lowest BCUT2D eigenvalue weighted by atomic mass is 9.88. The van der Waals surface area contributed by atoms with Gasteiger partial charge in [0.2, 0.25) is 0 Å². The van der Waals surface area contributed by atoms with Gasteiger partial charge in [-0.2, -0.15) is 18.3 Å². The maximum absolute atomic E-state index is 12.8. The molecule has 2 aromatic carbocycles. The predicted molar refractivity (Wildman–Crippen MR) is 160 cm³/mol. The van der Waals surface area contributed by atoms with Gasteiger partial charge in [-0.15, -0.1) is 0 Å². The number of rotatable bonds is 8. The summed E-state index contributed by atoms with van der Waals surface area (Å²) in [6, 6.07) is 18.0. The Morgan fingerprint density at radius 2 is 1.84 bits per heavy atom. The number of aryl methyl sites for hydroxylation is 2. The lowest BCUT2D eigenvalue weighted by Crippen LogP contribution is -2.39. The first-order valence-electron chi connectivity index (χ1n) is 15.1. The van der Waals surface area contributed by atoms with Gasteiger partial charge in [-0.3, -0.25) is 4.90 Å². The van der Waals surface area contributed by atoms with E-state index in [2.05, 4.69) is 23.3 Å². The molecule has 1 aliphatic carbocycles. The standard InChI is InChI=1S/C34H35F3N4O3/c1-3-28-26(33(42)43)19-38-41(28)31-9-5-8-27(39-31)25-7-4-6-23-10-13-30(32(23)25)44-29-12-11-24(18-21(29)2)22-14-16-40(17-15-22)20-34(35,36)37/h4-9,11-12,18-19,22,30H,3,10,13-17,20H2,1-2H3,(H,42,43). The van der Waals surface area contributed by atoms with Crippen LogP contribution in [0.15, 0.2) is 60.8 Å². The summed E-state index contributed by atoms with van der Waals surface area (Å²) in [5.74, 6) is 0.567. The van der Waals surface area contributed by atoms with Crippen LogP contribution in [0.1, 0.15) is 76.5 Å². The van der Waals surface area contributed by atoms with Gasteiger partial charge < -0.3 is 9.84 Å². The van der Waals surface area contributed by atoms with Crippen LogP contribution in [0.25, 0.3) is 17.1 Å². The van der Waals surface area contributed by atoms with E-state index in [0.29, 0.717) is 43.9 Å². The fraction of sp³-hybridized carbons (Fsp3) is 0.382. The monoisotopic (exact) mass is 604 g/mol. The minimum absolute atomic E-state index is 0.169. The molecule has 0 spiro atoms. The molecule has 6 rings (SSSR count). The second kappa shape index (κ2) is 12.1. The number of benzene rings is 2. The zero-order chi connectivity index (χ0) is 31.0. The molecule has 1 N–H and O–H groups in total. The van der Waals surface area contributed by atoms with Crippen molar-refractivity contribution in [2.75, 3.05) is 19.6 Å². The van der Waals surface area contributed by atoms with Crippen molar-refractivity contribution in [1.82, 2.24) is 19.7 Å². The van der Waals surface area contributed by atoms with Gasteiger partial charge in [0, 0.05) is 11.1 Å². The first-order valence-corrected chi connectivity index (χ1v) is 15.1. The van der Waals surface area contributed by atoms with Crippen molar-refractivity contribution < 1.29 is 27.8 Å². The first kappa shape index (κ1) is 29.9. The zero-order valence-corrected chi connectivity index (χ0v) is 24.8. The van der Waals surface area contributed by atoms with Gasteiger partial charge >= 0.3 is 12.1 Å². The molecule has 2 aromatic heterocycles. The molecule has 1 saturated heterocycles. The van der Waals surface area contributed by atoms with Crippen LogP contribution in [0.4, 0.5) is 13.2 Å². The maximum atomic E-state index is 12.8. The van der Waals surface area contributed by atoms with Crippen molar-refractivity contribution in [2.24, 2.45) is 0 Å². The molecule has 230 valence electrons. The molecule has 2 aliphatic rings. The molecule has 1 fully saturated rings. The summed E-state index contributed by atoms with van der Waals surface area (Å²) in [6.07, 6.45) is 0.646. The second-order valence-corrected chi connectivity index (χ2v) is 11.7. The largest absolute Gasteiger partial charge is 0.485 e. The van der Waals surface area contributed by atoms with Crippen LogP contribution in [0.5, 0.6) is 5.75 Å². The number of halogens is 3. The fourth-order valence-corrected chi connectivity index (χ4v) is 6.65. The van der Waals surface area contributed by atoms with Gasteiger partial charge in [-0.05, 0) is 92.9 Å². The van der Waals surface area contributed by atoms with Crippen molar-refractivity contribution in [3.63, 3.8) is 0 Å². The Hall–Kier alpha value is -4.18. The highest BCUT2D eigenvalue weighted by Gasteiger charge is 2.33. The molecule has 1 aliphatic heterocycles. The number of nitrogens with zero attached hydrogens (tertiary/aromatic N) is 4. The highest BCUT2D eigenvalue weighted by molar-refractivity contribution is 5.88. The Balaban J connectivity index is 1.22. The van der Waals surface area contributed by atoms with E-state index in [0.717, 1.165) is 46.5 Å². The number of carboxylic acid groups (broad SMARTS) is 1. The average molecular weight is 605 g/mol. The Kier molecular flexibility index (Phi) is 8.20. The van der Waals surface area contributed by atoms with E-state index in [4.69, 9.17) is 9.72 Å². The van der Waals surface area contributed by atoms with Gasteiger partial charge in [0.05, 0.1) is 24.1 Å². The molecule has 1 unspecified atom stereocenters. The number of aromatic carboxylic acids is 1. The SMILES string of the molecule is CCc1c(C(=O)O)cnn1-c1cccc(-c2cccc3c2C(Oc2ccc(C4CCN(CC(F)(F)F)CC4)cc2C)CC3)n1. The van der Waals surface area contributed by atoms with Crippen molar-refractivity contribution in [3.05, 3.63) is 94.3 Å². The predicted octanol–water partition coefficient (Wildman–Crippen LogP) is 7.31. The van der Waals surface area contributed by atoms with Gasteiger partial charge in [-0.1, -0.05) is 43.3 Å². The molecule has 44 heavy (non-hydrogen) atoms. The number of ether oxygens (including phenoxy) is 1. The van der Waals surface area contributed by atoms with Crippen molar-refractivity contribution in [3.8, 4) is 22.8 Å². The van der Waals surface area contributed by atoms with Crippen LogP contribution in [-0.4, -0.2) is 56.6 Å². The number of hydrogen-bond acceptors (Lipinski definition) is 5. The number of hydrogen-bond donors (Lipinski definition) is 1. The minimum atomic E-state index is -4.16. The molecule has 7 nitrogen and oxygen atoms in total. The van der Waals surface area contributed by atoms with E-state index in [1.807, 2.05) is 50.2 Å². The summed E-state index contributed by atoms with van der Waals surface area (Å²) < 4.78 is 46.6. The third-order valence-electron chi connectivity index (χ3n) is 8.79. The maximum Gasteiger partial charge on any atom is 0.401 e. The number of carbonyl (C=O) groups is 1. The zero-order valence-electron chi connectivity index (χ0n) is 24.8. The minimum Gasteiger partial charge on any atom is -0.485 e. The van der Waals surface area contributed by atoms with Crippen molar-refractivity contribution >= 4 is 5.97 Å². The molecule has 0 radical (unpaired) electrons. The smallest absolute Gasteiger partial charge is 0.401 e. The summed E-state index contributed by atoms with van der Waals surface area (Å²) in [7, 11) is 0. The quantitative estimate of drug-likeness (QED) is 0.227. The Bertz CT molecular complexity index is 1670. The molecule has 10 heteroatoms. The van der Waals surface area contributed by atoms with Gasteiger partial charge in [0.15, 0.2) is 5.82 Å². The first-order chi connectivity index (χ1) is 21.1. The van der Waals surface area contributed by atoms with E-state index < -0.39 is 18.7 Å². The summed E-state index contributed by atoms with van der Waals surface area (Å²) >= 11 is 0. The Labute approximate surface area is 254 Å². The van der Waals surface area contributed by atoms with Gasteiger partial charge in [-0.25, -0.2) is 14.5 Å². The van der Waals surface area contributed by atoms with Crippen molar-refractivity contribution in [2.45, 2.75) is 64.1 Å². The van der Waals surface area contributed by atoms with Crippen LogP contribution < -0.4 is 4.74 Å². The molecule has 1 atom stereocenters. The lowest BCUT2D eigenvalue weighted by molar-refractivity contribution is -0.147. The third-order valence-corrected chi connectivity index (χ3v) is 8.79. The van der Waals surface area contributed by atoms with E-state index in [1.54, 1.807) is 4.68 Å². The molecule has 0 bridgehead atoms. The highest BCUT2D eigenvalue weighted by atomic mass is 19.4. The number of pyridine rings is 1. The Morgan fingerprint density at radius 1 is 1.07 bits per heavy atom. The molecule has 0 saturated carbocycles. The van der Waals surface area contributed by atoms with Gasteiger partial charge in [0.25, 0.3) is 0 Å². The average Bonchev–Trinajstić information content (AvgIpc) is 3.62. The topological polar surface area (TPSA) is 80.5 Å².